The van der Waals surface area contributed by atoms with E-state index in [4.69, 9.17) is 0 Å². The number of aromatic nitrogens is 3. The van der Waals surface area contributed by atoms with Gasteiger partial charge in [-0.3, -0.25) is 4.79 Å². The largest absolute Gasteiger partial charge is 0.355 e. The van der Waals surface area contributed by atoms with Crippen LogP contribution in [0, 0.1) is 6.92 Å². The minimum atomic E-state index is -0.168. The number of fused-ring (bicyclic) bond motifs is 1. The Morgan fingerprint density at radius 2 is 2.14 bits per heavy atom. The van der Waals surface area contributed by atoms with Crippen LogP contribution in [0.2, 0.25) is 0 Å². The van der Waals surface area contributed by atoms with E-state index in [1.165, 1.54) is 0 Å². The van der Waals surface area contributed by atoms with Gasteiger partial charge in [0.1, 0.15) is 5.69 Å². The number of nitrogens with zero attached hydrogens (tertiary/aromatic N) is 2. The van der Waals surface area contributed by atoms with Gasteiger partial charge in [0.05, 0.1) is 11.2 Å². The number of anilines is 2. The predicted octanol–water partition coefficient (Wildman–Crippen LogP) is 2.37. The van der Waals surface area contributed by atoms with Crippen LogP contribution < -0.4 is 10.6 Å². The van der Waals surface area contributed by atoms with E-state index in [0.717, 1.165) is 22.2 Å². The molecular formula is C15H15N5O. The Labute approximate surface area is 121 Å². The lowest BCUT2D eigenvalue weighted by Crippen LogP contribution is -2.17. The topological polar surface area (TPSA) is 82.7 Å². The molecule has 0 atom stereocenters. The zero-order valence-electron chi connectivity index (χ0n) is 11.8. The number of hydrogen-bond donors (Lipinski definition) is 3. The average Bonchev–Trinajstić information content (AvgIpc) is 2.94. The summed E-state index contributed by atoms with van der Waals surface area (Å²) in [5.41, 5.74) is 3.25. The number of hydrogen-bond acceptors (Lipinski definition) is 4. The van der Waals surface area contributed by atoms with Crippen LogP contribution in [-0.4, -0.2) is 27.9 Å². The van der Waals surface area contributed by atoms with Crippen molar-refractivity contribution < 1.29 is 4.79 Å². The van der Waals surface area contributed by atoms with Crippen LogP contribution in [0.3, 0.4) is 0 Å². The molecular weight excluding hydrogens is 266 g/mol. The number of H-pyrrole nitrogens is 1. The molecule has 0 aliphatic rings. The zero-order chi connectivity index (χ0) is 14.8. The Kier molecular flexibility index (Phi) is 3.27. The summed E-state index contributed by atoms with van der Waals surface area (Å²) in [6.45, 7) is 2.02. The Morgan fingerprint density at radius 3 is 2.95 bits per heavy atom. The number of carbonyl (C=O) groups is 1. The van der Waals surface area contributed by atoms with Gasteiger partial charge in [0, 0.05) is 24.8 Å². The van der Waals surface area contributed by atoms with E-state index in [9.17, 15) is 4.79 Å². The normalized spacial score (nSPS) is 10.6. The first-order valence-electron chi connectivity index (χ1n) is 6.56. The van der Waals surface area contributed by atoms with Gasteiger partial charge in [0.2, 0.25) is 5.95 Å². The maximum Gasteiger partial charge on any atom is 0.267 e. The fraction of sp³-hybridized carbons (Fsp3) is 0.133. The van der Waals surface area contributed by atoms with Gasteiger partial charge in [-0.25, -0.2) is 9.97 Å². The quantitative estimate of drug-likeness (QED) is 0.688. The molecule has 0 saturated carbocycles. The molecule has 3 aromatic rings. The van der Waals surface area contributed by atoms with Crippen molar-refractivity contribution in [2.45, 2.75) is 6.92 Å². The van der Waals surface area contributed by atoms with Gasteiger partial charge in [-0.15, -0.1) is 0 Å². The monoisotopic (exact) mass is 281 g/mol. The predicted molar refractivity (Wildman–Crippen MR) is 81.7 cm³/mol. The smallest absolute Gasteiger partial charge is 0.267 e. The number of benzene rings is 1. The molecule has 0 fully saturated rings. The number of rotatable bonds is 3. The van der Waals surface area contributed by atoms with Crippen molar-refractivity contribution in [1.82, 2.24) is 20.3 Å². The molecule has 0 spiro atoms. The van der Waals surface area contributed by atoms with Crippen molar-refractivity contribution >= 4 is 28.4 Å². The van der Waals surface area contributed by atoms with Gasteiger partial charge in [-0.1, -0.05) is 12.1 Å². The summed E-state index contributed by atoms with van der Waals surface area (Å²) < 4.78 is 0. The highest BCUT2D eigenvalue weighted by atomic mass is 16.1. The molecule has 0 aliphatic heterocycles. The van der Waals surface area contributed by atoms with Crippen LogP contribution >= 0.6 is 0 Å². The highest BCUT2D eigenvalue weighted by Gasteiger charge is 2.07. The van der Waals surface area contributed by atoms with Gasteiger partial charge < -0.3 is 15.6 Å². The highest BCUT2D eigenvalue weighted by molar-refractivity contribution is 5.93. The maximum atomic E-state index is 11.5. The van der Waals surface area contributed by atoms with Crippen molar-refractivity contribution in [3.63, 3.8) is 0 Å². The van der Waals surface area contributed by atoms with E-state index in [1.54, 1.807) is 25.5 Å². The van der Waals surface area contributed by atoms with Crippen molar-refractivity contribution in [2.75, 3.05) is 12.4 Å². The van der Waals surface area contributed by atoms with E-state index < -0.39 is 0 Å². The van der Waals surface area contributed by atoms with Crippen molar-refractivity contribution in [3.8, 4) is 0 Å². The summed E-state index contributed by atoms with van der Waals surface area (Å²) in [4.78, 5) is 23.1. The third kappa shape index (κ3) is 2.69. The fourth-order valence-electron chi connectivity index (χ4n) is 2.05. The SMILES string of the molecule is CNC(=O)c1cc(Nc2ncc3ccc(C)cc3n2)c[nH]1. The van der Waals surface area contributed by atoms with E-state index >= 15 is 0 Å². The first-order valence-corrected chi connectivity index (χ1v) is 6.56. The van der Waals surface area contributed by atoms with Gasteiger partial charge >= 0.3 is 0 Å². The number of amides is 1. The van der Waals surface area contributed by atoms with Crippen molar-refractivity contribution in [2.24, 2.45) is 0 Å². The molecule has 106 valence electrons. The van der Waals surface area contributed by atoms with Crippen LogP contribution in [0.15, 0.2) is 36.7 Å². The molecule has 0 radical (unpaired) electrons. The molecule has 0 bridgehead atoms. The molecule has 6 nitrogen and oxygen atoms in total. The average molecular weight is 281 g/mol. The summed E-state index contributed by atoms with van der Waals surface area (Å²) >= 11 is 0. The van der Waals surface area contributed by atoms with Crippen LogP contribution in [0.1, 0.15) is 16.1 Å². The van der Waals surface area contributed by atoms with Crippen molar-refractivity contribution in [3.05, 3.63) is 47.9 Å². The van der Waals surface area contributed by atoms with Gasteiger partial charge in [0.15, 0.2) is 0 Å². The first-order chi connectivity index (χ1) is 10.2. The second-order valence-electron chi connectivity index (χ2n) is 4.76. The molecule has 21 heavy (non-hydrogen) atoms. The molecule has 1 amide bonds. The number of aryl methyl sites for hydroxylation is 1. The Hall–Kier alpha value is -2.89. The minimum Gasteiger partial charge on any atom is -0.355 e. The molecule has 2 heterocycles. The minimum absolute atomic E-state index is 0.168. The van der Waals surface area contributed by atoms with Gasteiger partial charge in [0.25, 0.3) is 5.91 Å². The third-order valence-corrected chi connectivity index (χ3v) is 3.15. The fourth-order valence-corrected chi connectivity index (χ4v) is 2.05. The molecule has 1 aromatic carbocycles. The van der Waals surface area contributed by atoms with Crippen molar-refractivity contribution in [1.29, 1.82) is 0 Å². The second kappa shape index (κ2) is 5.24. The third-order valence-electron chi connectivity index (χ3n) is 3.15. The zero-order valence-corrected chi connectivity index (χ0v) is 11.8. The Bertz CT molecular complexity index is 809. The Balaban J connectivity index is 1.87. The maximum absolute atomic E-state index is 11.5. The van der Waals surface area contributed by atoms with Gasteiger partial charge in [-0.05, 0) is 24.6 Å². The van der Waals surface area contributed by atoms with E-state index in [-0.39, 0.29) is 5.91 Å². The van der Waals surface area contributed by atoms with Crippen LogP contribution in [0.25, 0.3) is 10.9 Å². The molecule has 2 aromatic heterocycles. The lowest BCUT2D eigenvalue weighted by molar-refractivity contribution is 0.0959. The molecule has 0 saturated heterocycles. The van der Waals surface area contributed by atoms with Crippen LogP contribution in [-0.2, 0) is 0 Å². The molecule has 0 aliphatic carbocycles. The molecule has 6 heteroatoms. The van der Waals surface area contributed by atoms with Crippen LogP contribution in [0.4, 0.5) is 11.6 Å². The lowest BCUT2D eigenvalue weighted by Gasteiger charge is -2.04. The number of nitrogens with one attached hydrogen (secondary N) is 3. The number of carbonyl (C=O) groups excluding carboxylic acids is 1. The Morgan fingerprint density at radius 1 is 1.29 bits per heavy atom. The second-order valence-corrected chi connectivity index (χ2v) is 4.76. The molecule has 3 rings (SSSR count). The first kappa shape index (κ1) is 13.1. The molecule has 3 N–H and O–H groups in total. The summed E-state index contributed by atoms with van der Waals surface area (Å²) in [6.07, 6.45) is 3.48. The lowest BCUT2D eigenvalue weighted by atomic mass is 10.2. The highest BCUT2D eigenvalue weighted by Crippen LogP contribution is 2.18. The molecule has 0 unspecified atom stereocenters. The standard InChI is InChI=1S/C15H15N5O/c1-9-3-4-10-7-18-15(20-12(10)5-9)19-11-6-13(17-8-11)14(21)16-2/h3-8,17H,1-2H3,(H,16,21)(H,18,19,20). The summed E-state index contributed by atoms with van der Waals surface area (Å²) in [5, 5.41) is 6.63. The van der Waals surface area contributed by atoms with Crippen LogP contribution in [0.5, 0.6) is 0 Å². The summed E-state index contributed by atoms with van der Waals surface area (Å²) in [6, 6.07) is 7.74. The summed E-state index contributed by atoms with van der Waals surface area (Å²) in [7, 11) is 1.59. The number of aromatic amines is 1. The van der Waals surface area contributed by atoms with E-state index in [1.807, 2.05) is 25.1 Å². The van der Waals surface area contributed by atoms with E-state index in [2.05, 4.69) is 25.6 Å². The van der Waals surface area contributed by atoms with E-state index in [0.29, 0.717) is 11.6 Å². The summed E-state index contributed by atoms with van der Waals surface area (Å²) in [5.74, 6) is 0.327. The van der Waals surface area contributed by atoms with Gasteiger partial charge in [-0.2, -0.15) is 0 Å².